The minimum absolute atomic E-state index is 0.0115. The van der Waals surface area contributed by atoms with Gasteiger partial charge in [0.25, 0.3) is 0 Å². The van der Waals surface area contributed by atoms with Crippen LogP contribution < -0.4 is 25.0 Å². The number of ether oxygens (including phenoxy) is 3. The zero-order chi connectivity index (χ0) is 29.5. The van der Waals surface area contributed by atoms with Crippen molar-refractivity contribution in [2.75, 3.05) is 42.8 Å². The van der Waals surface area contributed by atoms with E-state index in [1.807, 2.05) is 31.2 Å². The number of aromatic nitrogens is 4. The van der Waals surface area contributed by atoms with Crippen molar-refractivity contribution < 1.29 is 19.0 Å². The Bertz CT molecular complexity index is 1810. The number of H-pyrrole nitrogens is 1. The van der Waals surface area contributed by atoms with Crippen molar-refractivity contribution in [1.29, 1.82) is 0 Å². The first-order valence-electron chi connectivity index (χ1n) is 14.7. The number of rotatable bonds is 7. The van der Waals surface area contributed by atoms with Gasteiger partial charge in [-0.1, -0.05) is 12.6 Å². The molecular formula is C32H33N7O4. The van der Waals surface area contributed by atoms with Gasteiger partial charge in [0.15, 0.2) is 17.5 Å². The third-order valence-corrected chi connectivity index (χ3v) is 9.07. The first-order valence-corrected chi connectivity index (χ1v) is 14.7. The summed E-state index contributed by atoms with van der Waals surface area (Å²) in [5.74, 6) is 5.21. The summed E-state index contributed by atoms with van der Waals surface area (Å²) in [7, 11) is 3.28. The molecule has 2 aromatic carbocycles. The van der Waals surface area contributed by atoms with Gasteiger partial charge < -0.3 is 29.7 Å². The Balaban J connectivity index is 1.12. The number of carbonyl (C=O) groups excluding carboxylic acids is 1. The lowest BCUT2D eigenvalue weighted by Gasteiger charge is -2.34. The topological polar surface area (TPSA) is 127 Å². The molecule has 11 nitrogen and oxygen atoms in total. The molecule has 0 unspecified atom stereocenters. The van der Waals surface area contributed by atoms with Crippen molar-refractivity contribution >= 4 is 40.0 Å². The Labute approximate surface area is 248 Å². The van der Waals surface area contributed by atoms with Gasteiger partial charge in [0, 0.05) is 22.9 Å². The highest BCUT2D eigenvalue weighted by atomic mass is 16.5. The van der Waals surface area contributed by atoms with Crippen LogP contribution in [0.5, 0.6) is 11.5 Å². The number of methoxy groups -OCH3 is 2. The van der Waals surface area contributed by atoms with Crippen LogP contribution in [0, 0.1) is 0 Å². The molecule has 1 spiro atoms. The van der Waals surface area contributed by atoms with Crippen LogP contribution in [0.3, 0.4) is 0 Å². The van der Waals surface area contributed by atoms with Crippen LogP contribution in [0.25, 0.3) is 10.9 Å². The standard InChI is InChI=1S/C32H33N7O4/c1-16-14-39(15-17(2)43-16)30-26(42-4)29(34-27(36-30)18-5-6-18)35-28-21-9-7-19(11-25(21)37-38-28)23-13-32(23)22-12-20(41-3)8-10-24(22)33-31(32)40/h7-12,17-18,23H,1,5-6,13-15H2,2-4H3,(H,33,40)(H2,34,35,36,37,38)/t17-,23+,32+/m1/s1. The van der Waals surface area contributed by atoms with Gasteiger partial charge in [0.2, 0.25) is 11.7 Å². The van der Waals surface area contributed by atoms with Gasteiger partial charge in [-0.15, -0.1) is 0 Å². The predicted molar refractivity (Wildman–Crippen MR) is 162 cm³/mol. The van der Waals surface area contributed by atoms with E-state index in [2.05, 4.69) is 44.4 Å². The first-order chi connectivity index (χ1) is 20.9. The fourth-order valence-electron chi connectivity index (χ4n) is 6.73. The Hall–Kier alpha value is -4.80. The largest absolute Gasteiger partial charge is 0.497 e. The summed E-state index contributed by atoms with van der Waals surface area (Å²) in [6.45, 7) is 7.27. The Kier molecular flexibility index (Phi) is 5.63. The Morgan fingerprint density at radius 2 is 1.98 bits per heavy atom. The SMILES string of the molecule is C=C1CN(c2nc(C3CC3)nc(Nc3n[nH]c4cc([C@@H]5C[C@@]56C(=O)Nc5ccc(OC)cc56)ccc34)c2OC)C[C@@H](C)O1. The van der Waals surface area contributed by atoms with Crippen LogP contribution >= 0.6 is 0 Å². The predicted octanol–water partition coefficient (Wildman–Crippen LogP) is 5.11. The molecule has 4 aromatic rings. The van der Waals surface area contributed by atoms with Gasteiger partial charge in [0.1, 0.15) is 23.4 Å². The maximum absolute atomic E-state index is 13.2. The number of nitrogens with one attached hydrogen (secondary N) is 3. The summed E-state index contributed by atoms with van der Waals surface area (Å²) >= 11 is 0. The van der Waals surface area contributed by atoms with Gasteiger partial charge in [-0.05, 0) is 67.6 Å². The van der Waals surface area contributed by atoms with E-state index in [1.54, 1.807) is 14.2 Å². The van der Waals surface area contributed by atoms with Crippen LogP contribution in [-0.2, 0) is 14.9 Å². The second kappa shape index (κ2) is 9.35. The van der Waals surface area contributed by atoms with E-state index in [0.29, 0.717) is 42.2 Å². The van der Waals surface area contributed by atoms with Gasteiger partial charge >= 0.3 is 0 Å². The molecule has 11 heteroatoms. The molecule has 2 saturated carbocycles. The molecule has 0 bridgehead atoms. The van der Waals surface area contributed by atoms with Crippen LogP contribution in [0.2, 0.25) is 0 Å². The highest BCUT2D eigenvalue weighted by Gasteiger charge is 2.65. The van der Waals surface area contributed by atoms with Crippen molar-refractivity contribution in [3.63, 3.8) is 0 Å². The maximum atomic E-state index is 13.2. The summed E-state index contributed by atoms with van der Waals surface area (Å²) < 4.78 is 17.1. The summed E-state index contributed by atoms with van der Waals surface area (Å²) in [4.78, 5) is 25.1. The smallest absolute Gasteiger partial charge is 0.235 e. The van der Waals surface area contributed by atoms with Crippen LogP contribution in [0.1, 0.15) is 55.0 Å². The van der Waals surface area contributed by atoms with Gasteiger partial charge in [0.05, 0.1) is 38.2 Å². The molecule has 220 valence electrons. The van der Waals surface area contributed by atoms with Crippen molar-refractivity contribution in [2.24, 2.45) is 0 Å². The van der Waals surface area contributed by atoms with E-state index in [0.717, 1.165) is 64.4 Å². The molecule has 0 radical (unpaired) electrons. The number of anilines is 4. The van der Waals surface area contributed by atoms with Crippen molar-refractivity contribution in [3.8, 4) is 11.5 Å². The molecule has 4 heterocycles. The number of fused-ring (bicyclic) bond motifs is 3. The number of hydrogen-bond acceptors (Lipinski definition) is 9. The van der Waals surface area contributed by atoms with E-state index >= 15 is 0 Å². The fraction of sp³-hybridized carbons (Fsp3) is 0.375. The minimum atomic E-state index is -0.565. The molecule has 8 rings (SSSR count). The monoisotopic (exact) mass is 579 g/mol. The zero-order valence-electron chi connectivity index (χ0n) is 24.4. The fourth-order valence-corrected chi connectivity index (χ4v) is 6.73. The number of benzene rings is 2. The van der Waals surface area contributed by atoms with Crippen molar-refractivity contribution in [1.82, 2.24) is 20.2 Å². The van der Waals surface area contributed by atoms with E-state index in [1.165, 1.54) is 0 Å². The summed E-state index contributed by atoms with van der Waals surface area (Å²) in [6.07, 6.45) is 2.89. The van der Waals surface area contributed by atoms with E-state index < -0.39 is 5.41 Å². The van der Waals surface area contributed by atoms with Crippen molar-refractivity contribution in [3.05, 3.63) is 65.7 Å². The highest BCUT2D eigenvalue weighted by molar-refractivity contribution is 6.10. The molecule has 2 aromatic heterocycles. The van der Waals surface area contributed by atoms with E-state index in [-0.39, 0.29) is 17.9 Å². The molecule has 43 heavy (non-hydrogen) atoms. The number of amides is 1. The van der Waals surface area contributed by atoms with Crippen LogP contribution in [-0.4, -0.2) is 59.5 Å². The first kappa shape index (κ1) is 25.9. The maximum Gasteiger partial charge on any atom is 0.235 e. The highest BCUT2D eigenvalue weighted by Crippen LogP contribution is 2.65. The lowest BCUT2D eigenvalue weighted by Crippen LogP contribution is -2.40. The average molecular weight is 580 g/mol. The average Bonchev–Trinajstić information content (AvgIpc) is 3.92. The zero-order valence-corrected chi connectivity index (χ0v) is 24.4. The quantitative estimate of drug-likeness (QED) is 0.274. The van der Waals surface area contributed by atoms with Gasteiger partial charge in [-0.3, -0.25) is 9.89 Å². The molecule has 1 amide bonds. The van der Waals surface area contributed by atoms with E-state index in [9.17, 15) is 4.79 Å². The third-order valence-electron chi connectivity index (χ3n) is 9.07. The van der Waals surface area contributed by atoms with Gasteiger partial charge in [-0.2, -0.15) is 5.10 Å². The molecule has 3 N–H and O–H groups in total. The molecule has 1 saturated heterocycles. The van der Waals surface area contributed by atoms with Crippen molar-refractivity contribution in [2.45, 2.75) is 49.5 Å². The third kappa shape index (κ3) is 4.09. The molecule has 3 fully saturated rings. The summed E-state index contributed by atoms with van der Waals surface area (Å²) in [5.41, 5.74) is 3.27. The Morgan fingerprint density at radius 3 is 2.74 bits per heavy atom. The number of carbonyl (C=O) groups is 1. The van der Waals surface area contributed by atoms with E-state index in [4.69, 9.17) is 24.2 Å². The second-order valence-electron chi connectivity index (χ2n) is 12.0. The lowest BCUT2D eigenvalue weighted by atomic mass is 9.91. The van der Waals surface area contributed by atoms with Crippen LogP contribution in [0.4, 0.5) is 23.1 Å². The summed E-state index contributed by atoms with van der Waals surface area (Å²) in [6, 6.07) is 12.0. The number of aromatic amines is 1. The molecular weight excluding hydrogens is 546 g/mol. The molecule has 3 atom stereocenters. The number of hydrogen-bond donors (Lipinski definition) is 3. The van der Waals surface area contributed by atoms with Crippen LogP contribution in [0.15, 0.2) is 48.7 Å². The lowest BCUT2D eigenvalue weighted by molar-refractivity contribution is -0.118. The number of nitrogens with zero attached hydrogens (tertiary/aromatic N) is 4. The second-order valence-corrected chi connectivity index (χ2v) is 12.0. The van der Waals surface area contributed by atoms with Gasteiger partial charge in [-0.25, -0.2) is 9.97 Å². The molecule has 2 aliphatic carbocycles. The molecule has 2 aliphatic heterocycles. The normalized spacial score (nSPS) is 24.1. The Morgan fingerprint density at radius 1 is 1.12 bits per heavy atom. The minimum Gasteiger partial charge on any atom is -0.497 e. The molecule has 4 aliphatic rings. The number of morpholine rings is 1. The summed E-state index contributed by atoms with van der Waals surface area (Å²) in [5, 5.41) is 15.2.